The lowest BCUT2D eigenvalue weighted by atomic mass is 10.0. The van der Waals surface area contributed by atoms with E-state index in [1.165, 1.54) is 0 Å². The molecule has 0 aromatic heterocycles. The Balaban J connectivity index is 2.34. The van der Waals surface area contributed by atoms with Crippen LogP contribution in [0.3, 0.4) is 0 Å². The van der Waals surface area contributed by atoms with Crippen LogP contribution in [-0.4, -0.2) is 33.9 Å². The number of carbonyl (C=O) groups excluding carboxylic acids is 1. The molecule has 1 aromatic carbocycles. The first-order chi connectivity index (χ1) is 9.15. The Labute approximate surface area is 115 Å². The second kappa shape index (κ2) is 6.12. The van der Waals surface area contributed by atoms with E-state index in [2.05, 4.69) is 0 Å². The van der Waals surface area contributed by atoms with Gasteiger partial charge in [0.15, 0.2) is 0 Å². The molecular weight excluding hydrogens is 262 g/mol. The van der Waals surface area contributed by atoms with Crippen LogP contribution in [0.25, 0.3) is 0 Å². The number of hydrogen-bond donors (Lipinski definition) is 0. The summed E-state index contributed by atoms with van der Waals surface area (Å²) in [6, 6.07) is 9.32. The zero-order valence-corrected chi connectivity index (χ0v) is 11.9. The van der Waals surface area contributed by atoms with Gasteiger partial charge in [0.2, 0.25) is 0 Å². The van der Waals surface area contributed by atoms with Gasteiger partial charge in [0.05, 0.1) is 29.2 Å². The van der Waals surface area contributed by atoms with Crippen molar-refractivity contribution in [3.63, 3.8) is 0 Å². The minimum absolute atomic E-state index is 0.286. The average Bonchev–Trinajstić information content (AvgIpc) is 2.85. The van der Waals surface area contributed by atoms with E-state index in [0.717, 1.165) is 5.56 Å². The zero-order valence-electron chi connectivity index (χ0n) is 11.0. The summed E-state index contributed by atoms with van der Waals surface area (Å²) >= 11 is 0. The van der Waals surface area contributed by atoms with Crippen molar-refractivity contribution < 1.29 is 13.7 Å². The topological polar surface area (TPSA) is 46.6 Å². The van der Waals surface area contributed by atoms with E-state index in [1.54, 1.807) is 23.6 Å². The number of esters is 1. The number of carbonyl (C=O) groups is 1. The van der Waals surface area contributed by atoms with Crippen molar-refractivity contribution in [2.75, 3.05) is 19.4 Å². The third kappa shape index (κ3) is 2.93. The van der Waals surface area contributed by atoms with Gasteiger partial charge in [-0.15, -0.1) is 0 Å². The Bertz CT molecular complexity index is 513. The molecule has 1 unspecified atom stereocenters. The minimum atomic E-state index is -1.14. The van der Waals surface area contributed by atoms with Crippen LogP contribution in [0, 0.1) is 0 Å². The SMILES string of the molecule is CCOC(=O)C1=CCN(S(C)=O)[C@@H]1c1ccccc1. The van der Waals surface area contributed by atoms with Crippen molar-refractivity contribution in [3.05, 3.63) is 47.5 Å². The Kier molecular flexibility index (Phi) is 4.50. The molecule has 2 atom stereocenters. The van der Waals surface area contributed by atoms with Crippen molar-refractivity contribution in [2.24, 2.45) is 0 Å². The van der Waals surface area contributed by atoms with E-state index in [0.29, 0.717) is 18.7 Å². The van der Waals surface area contributed by atoms with E-state index in [1.807, 2.05) is 30.3 Å². The molecule has 0 radical (unpaired) electrons. The third-order valence-corrected chi connectivity index (χ3v) is 4.05. The maximum Gasteiger partial charge on any atom is 0.335 e. The smallest absolute Gasteiger partial charge is 0.335 e. The summed E-state index contributed by atoms with van der Waals surface area (Å²) in [6.45, 7) is 2.62. The normalized spacial score (nSPS) is 20.9. The van der Waals surface area contributed by atoms with Crippen LogP contribution in [0.5, 0.6) is 0 Å². The van der Waals surface area contributed by atoms with Crippen LogP contribution < -0.4 is 0 Å². The van der Waals surface area contributed by atoms with Crippen LogP contribution >= 0.6 is 0 Å². The average molecular weight is 279 g/mol. The first kappa shape index (κ1) is 14.0. The molecular formula is C14H17NO3S. The molecule has 0 spiro atoms. The second-order valence-corrected chi connectivity index (χ2v) is 5.53. The van der Waals surface area contributed by atoms with Crippen LogP contribution in [0.2, 0.25) is 0 Å². The van der Waals surface area contributed by atoms with Gasteiger partial charge in [0.1, 0.15) is 0 Å². The van der Waals surface area contributed by atoms with Crippen molar-refractivity contribution >= 4 is 17.0 Å². The third-order valence-electron chi connectivity index (χ3n) is 3.03. The van der Waals surface area contributed by atoms with E-state index < -0.39 is 11.0 Å². The molecule has 0 amide bonds. The fourth-order valence-corrected chi connectivity index (χ4v) is 3.02. The van der Waals surface area contributed by atoms with E-state index >= 15 is 0 Å². The first-order valence-electron chi connectivity index (χ1n) is 6.17. The number of benzene rings is 1. The number of hydrogen-bond acceptors (Lipinski definition) is 3. The minimum Gasteiger partial charge on any atom is -0.463 e. The van der Waals surface area contributed by atoms with Gasteiger partial charge in [0, 0.05) is 12.8 Å². The fourth-order valence-electron chi connectivity index (χ4n) is 2.20. The summed E-state index contributed by atoms with van der Waals surface area (Å²) in [7, 11) is -1.14. The van der Waals surface area contributed by atoms with Crippen LogP contribution in [0.15, 0.2) is 42.0 Å². The highest BCUT2D eigenvalue weighted by Crippen LogP contribution is 2.34. The van der Waals surface area contributed by atoms with Crippen molar-refractivity contribution in [1.29, 1.82) is 0 Å². The summed E-state index contributed by atoms with van der Waals surface area (Å²) in [5.74, 6) is -0.329. The molecule has 0 aliphatic carbocycles. The molecule has 0 saturated heterocycles. The summed E-state index contributed by atoms with van der Waals surface area (Å²) < 4.78 is 18.7. The maximum absolute atomic E-state index is 12.0. The molecule has 102 valence electrons. The standard InChI is InChI=1S/C14H17NO3S/c1-3-18-14(16)12-9-10-15(19(2)17)13(12)11-7-5-4-6-8-11/h4-9,13H,3,10H2,1-2H3/t13-,19?/m1/s1. The van der Waals surface area contributed by atoms with E-state index in [4.69, 9.17) is 4.74 Å². The molecule has 1 heterocycles. The molecule has 0 fully saturated rings. The van der Waals surface area contributed by atoms with Gasteiger partial charge in [-0.3, -0.25) is 0 Å². The van der Waals surface area contributed by atoms with Crippen LogP contribution in [0.4, 0.5) is 0 Å². The molecule has 5 heteroatoms. The van der Waals surface area contributed by atoms with Gasteiger partial charge in [0.25, 0.3) is 0 Å². The lowest BCUT2D eigenvalue weighted by Crippen LogP contribution is -2.28. The highest BCUT2D eigenvalue weighted by molar-refractivity contribution is 7.81. The lowest BCUT2D eigenvalue weighted by molar-refractivity contribution is -0.138. The Hall–Kier alpha value is -1.46. The molecule has 1 aliphatic rings. The first-order valence-corrected chi connectivity index (χ1v) is 7.69. The molecule has 19 heavy (non-hydrogen) atoms. The molecule has 0 saturated carbocycles. The van der Waals surface area contributed by atoms with Crippen molar-refractivity contribution in [1.82, 2.24) is 4.31 Å². The summed E-state index contributed by atoms with van der Waals surface area (Å²) in [4.78, 5) is 12.0. The van der Waals surface area contributed by atoms with Gasteiger partial charge in [-0.1, -0.05) is 36.4 Å². The monoisotopic (exact) mass is 279 g/mol. The zero-order chi connectivity index (χ0) is 13.8. The summed E-state index contributed by atoms with van der Waals surface area (Å²) in [6.07, 6.45) is 3.43. The molecule has 0 bridgehead atoms. The van der Waals surface area contributed by atoms with Gasteiger partial charge in [-0.05, 0) is 12.5 Å². The summed E-state index contributed by atoms with van der Waals surface area (Å²) in [5.41, 5.74) is 1.53. The molecule has 4 nitrogen and oxygen atoms in total. The predicted molar refractivity (Wildman–Crippen MR) is 74.7 cm³/mol. The second-order valence-electron chi connectivity index (χ2n) is 4.22. The van der Waals surface area contributed by atoms with E-state index in [9.17, 15) is 9.00 Å². The molecule has 1 aliphatic heterocycles. The summed E-state index contributed by atoms with van der Waals surface area (Å²) in [5, 5.41) is 0. The Morgan fingerprint density at radius 1 is 1.42 bits per heavy atom. The highest BCUT2D eigenvalue weighted by Gasteiger charge is 2.35. The lowest BCUT2D eigenvalue weighted by Gasteiger charge is -2.24. The van der Waals surface area contributed by atoms with E-state index in [-0.39, 0.29) is 12.0 Å². The molecule has 0 N–H and O–H groups in total. The molecule has 2 rings (SSSR count). The van der Waals surface area contributed by atoms with Crippen molar-refractivity contribution in [3.8, 4) is 0 Å². The van der Waals surface area contributed by atoms with Gasteiger partial charge in [-0.2, -0.15) is 0 Å². The van der Waals surface area contributed by atoms with Gasteiger partial charge in [-0.25, -0.2) is 13.3 Å². The van der Waals surface area contributed by atoms with Crippen LogP contribution in [0.1, 0.15) is 18.5 Å². The molecule has 1 aromatic rings. The van der Waals surface area contributed by atoms with Gasteiger partial charge < -0.3 is 4.74 Å². The fraction of sp³-hybridized carbons (Fsp3) is 0.357. The number of rotatable bonds is 4. The maximum atomic E-state index is 12.0. The van der Waals surface area contributed by atoms with Crippen molar-refractivity contribution in [2.45, 2.75) is 13.0 Å². The van der Waals surface area contributed by atoms with Crippen LogP contribution in [-0.2, 0) is 20.5 Å². The predicted octanol–water partition coefficient (Wildman–Crippen LogP) is 1.83. The largest absolute Gasteiger partial charge is 0.463 e. The number of ether oxygens (including phenoxy) is 1. The Morgan fingerprint density at radius 3 is 2.68 bits per heavy atom. The highest BCUT2D eigenvalue weighted by atomic mass is 32.2. The Morgan fingerprint density at radius 2 is 2.11 bits per heavy atom. The number of nitrogens with zero attached hydrogens (tertiary/aromatic N) is 1. The van der Waals surface area contributed by atoms with Gasteiger partial charge >= 0.3 is 5.97 Å². The quantitative estimate of drug-likeness (QED) is 0.790.